The summed E-state index contributed by atoms with van der Waals surface area (Å²) in [5.74, 6) is -0.392. The van der Waals surface area contributed by atoms with Crippen LogP contribution >= 0.6 is 0 Å². The van der Waals surface area contributed by atoms with Gasteiger partial charge in [-0.25, -0.2) is 0 Å². The van der Waals surface area contributed by atoms with Crippen molar-refractivity contribution in [2.45, 2.75) is 64.4 Å². The van der Waals surface area contributed by atoms with Crippen molar-refractivity contribution in [3.05, 3.63) is 71.3 Å². The molecule has 0 spiro atoms. The Kier molecular flexibility index (Phi) is 5.41. The van der Waals surface area contributed by atoms with Crippen LogP contribution in [0.4, 0.5) is 0 Å². The molecule has 0 unspecified atom stereocenters. The molecular weight excluding hydrogens is 336 g/mol. The molecule has 144 valence electrons. The van der Waals surface area contributed by atoms with E-state index in [0.717, 1.165) is 25.1 Å². The fraction of sp³-hybridized carbons (Fsp3) is 0.435. The second-order valence-electron chi connectivity index (χ2n) is 8.64. The van der Waals surface area contributed by atoms with Gasteiger partial charge in [0.2, 0.25) is 5.91 Å². The quantitative estimate of drug-likeness (QED) is 0.836. The second-order valence-corrected chi connectivity index (χ2v) is 8.64. The number of nitrogens with two attached hydrogens (primary N) is 1. The van der Waals surface area contributed by atoms with Crippen molar-refractivity contribution >= 4 is 5.91 Å². The highest BCUT2D eigenvalue weighted by molar-refractivity contribution is 5.92. The van der Waals surface area contributed by atoms with E-state index in [0.29, 0.717) is 5.56 Å². The van der Waals surface area contributed by atoms with Crippen LogP contribution in [0.5, 0.6) is 0 Å². The van der Waals surface area contributed by atoms with Gasteiger partial charge in [-0.05, 0) is 57.4 Å². The Bertz CT molecular complexity index is 799. The van der Waals surface area contributed by atoms with Gasteiger partial charge >= 0.3 is 0 Å². The van der Waals surface area contributed by atoms with E-state index < -0.39 is 5.91 Å². The number of ether oxygens (including phenoxy) is 1. The maximum absolute atomic E-state index is 11.6. The molecule has 0 bridgehead atoms. The van der Waals surface area contributed by atoms with Crippen LogP contribution < -0.4 is 5.73 Å². The maximum atomic E-state index is 11.6. The predicted molar refractivity (Wildman–Crippen MR) is 108 cm³/mol. The first-order chi connectivity index (χ1) is 12.7. The molecule has 1 heterocycles. The van der Waals surface area contributed by atoms with E-state index in [9.17, 15) is 4.79 Å². The predicted octanol–water partition coefficient (Wildman–Crippen LogP) is 4.13. The van der Waals surface area contributed by atoms with E-state index in [4.69, 9.17) is 10.5 Å². The van der Waals surface area contributed by atoms with Gasteiger partial charge in [0.25, 0.3) is 0 Å². The Labute approximate surface area is 162 Å². The molecule has 0 saturated carbocycles. The summed E-state index contributed by atoms with van der Waals surface area (Å²) >= 11 is 0. The smallest absolute Gasteiger partial charge is 0.248 e. The van der Waals surface area contributed by atoms with Crippen molar-refractivity contribution in [2.24, 2.45) is 5.73 Å². The van der Waals surface area contributed by atoms with Gasteiger partial charge in [-0.1, -0.05) is 42.5 Å². The van der Waals surface area contributed by atoms with Gasteiger partial charge in [0.15, 0.2) is 0 Å². The molecule has 2 aromatic carbocycles. The lowest BCUT2D eigenvalue weighted by Crippen LogP contribution is -2.45. The first-order valence-electron chi connectivity index (χ1n) is 9.53. The molecule has 0 aliphatic carbocycles. The minimum absolute atomic E-state index is 0.155. The molecule has 0 aromatic heterocycles. The first kappa shape index (κ1) is 19.6. The third-order valence-electron chi connectivity index (χ3n) is 5.29. The van der Waals surface area contributed by atoms with E-state index >= 15 is 0 Å². The van der Waals surface area contributed by atoms with Gasteiger partial charge in [-0.2, -0.15) is 0 Å². The SMILES string of the molecule is CC1(C)C[C@@H](N(Cc2ccccc2)Cc2cccc(C(N)=O)c2)C(C)(C)O1. The number of nitrogens with zero attached hydrogens (tertiary/aromatic N) is 1. The highest BCUT2D eigenvalue weighted by Crippen LogP contribution is 2.41. The largest absolute Gasteiger partial charge is 0.368 e. The average molecular weight is 367 g/mol. The van der Waals surface area contributed by atoms with E-state index in [2.05, 4.69) is 62.9 Å². The van der Waals surface area contributed by atoms with E-state index in [1.807, 2.05) is 18.2 Å². The molecule has 27 heavy (non-hydrogen) atoms. The lowest BCUT2D eigenvalue weighted by Gasteiger charge is -2.36. The fourth-order valence-electron chi connectivity index (χ4n) is 4.25. The molecule has 4 heteroatoms. The van der Waals surface area contributed by atoms with Crippen LogP contribution in [0, 0.1) is 0 Å². The van der Waals surface area contributed by atoms with Crippen LogP contribution in [0.3, 0.4) is 0 Å². The van der Waals surface area contributed by atoms with Crippen molar-refractivity contribution in [3.63, 3.8) is 0 Å². The van der Waals surface area contributed by atoms with Gasteiger partial charge in [-0.15, -0.1) is 0 Å². The molecular formula is C23H30N2O2. The highest BCUT2D eigenvalue weighted by atomic mass is 16.5. The summed E-state index contributed by atoms with van der Waals surface area (Å²) in [7, 11) is 0. The average Bonchev–Trinajstić information content (AvgIpc) is 2.82. The fourth-order valence-corrected chi connectivity index (χ4v) is 4.25. The summed E-state index contributed by atoms with van der Waals surface area (Å²) in [4.78, 5) is 14.0. The lowest BCUT2D eigenvalue weighted by molar-refractivity contribution is -0.0821. The van der Waals surface area contributed by atoms with E-state index in [1.54, 1.807) is 6.07 Å². The molecule has 1 atom stereocenters. The number of hydrogen-bond donors (Lipinski definition) is 1. The molecule has 2 aromatic rings. The van der Waals surface area contributed by atoms with Crippen LogP contribution in [0.2, 0.25) is 0 Å². The zero-order chi connectivity index (χ0) is 19.7. The first-order valence-corrected chi connectivity index (χ1v) is 9.53. The molecule has 1 fully saturated rings. The summed E-state index contributed by atoms with van der Waals surface area (Å²) in [5.41, 5.74) is 7.96. The van der Waals surface area contributed by atoms with Gasteiger partial charge in [0.05, 0.1) is 11.2 Å². The molecule has 4 nitrogen and oxygen atoms in total. The summed E-state index contributed by atoms with van der Waals surface area (Å²) in [6, 6.07) is 18.4. The molecule has 1 amide bonds. The second kappa shape index (κ2) is 7.45. The van der Waals surface area contributed by atoms with Gasteiger partial charge in [0.1, 0.15) is 0 Å². The standard InChI is InChI=1S/C23H30N2O2/c1-22(2)14-20(23(3,4)27-22)25(15-17-9-6-5-7-10-17)16-18-11-8-12-19(13-18)21(24)26/h5-13,20H,14-16H2,1-4H3,(H2,24,26)/t20-/m1/s1. The third-order valence-corrected chi connectivity index (χ3v) is 5.29. The normalized spacial score (nSPS) is 20.7. The number of hydrogen-bond acceptors (Lipinski definition) is 3. The van der Waals surface area contributed by atoms with Gasteiger partial charge in [-0.3, -0.25) is 9.69 Å². The maximum Gasteiger partial charge on any atom is 0.248 e. The number of carbonyl (C=O) groups is 1. The number of benzene rings is 2. The van der Waals surface area contributed by atoms with Crippen molar-refractivity contribution in [1.29, 1.82) is 0 Å². The van der Waals surface area contributed by atoms with E-state index in [-0.39, 0.29) is 17.2 Å². The number of carbonyl (C=O) groups excluding carboxylic acids is 1. The third kappa shape index (κ3) is 4.76. The number of rotatable bonds is 6. The van der Waals surface area contributed by atoms with Gasteiger partial charge in [0, 0.05) is 24.7 Å². The Morgan fingerprint density at radius 3 is 2.26 bits per heavy atom. The topological polar surface area (TPSA) is 55.6 Å². The van der Waals surface area contributed by atoms with Crippen molar-refractivity contribution < 1.29 is 9.53 Å². The van der Waals surface area contributed by atoms with E-state index in [1.165, 1.54) is 5.56 Å². The number of primary amides is 1. The molecule has 1 aliphatic rings. The number of amides is 1. The van der Waals surface area contributed by atoms with Crippen molar-refractivity contribution in [1.82, 2.24) is 4.90 Å². The molecule has 0 radical (unpaired) electrons. The molecule has 1 aliphatic heterocycles. The lowest BCUT2D eigenvalue weighted by atomic mass is 9.92. The molecule has 2 N–H and O–H groups in total. The van der Waals surface area contributed by atoms with Crippen LogP contribution in [-0.2, 0) is 17.8 Å². The monoisotopic (exact) mass is 366 g/mol. The Balaban J connectivity index is 1.90. The minimum atomic E-state index is -0.392. The summed E-state index contributed by atoms with van der Waals surface area (Å²) < 4.78 is 6.35. The van der Waals surface area contributed by atoms with Crippen LogP contribution in [0.25, 0.3) is 0 Å². The minimum Gasteiger partial charge on any atom is -0.368 e. The van der Waals surface area contributed by atoms with Crippen LogP contribution in [-0.4, -0.2) is 28.1 Å². The van der Waals surface area contributed by atoms with Crippen molar-refractivity contribution in [3.8, 4) is 0 Å². The zero-order valence-corrected chi connectivity index (χ0v) is 16.7. The highest BCUT2D eigenvalue weighted by Gasteiger charge is 2.48. The Hall–Kier alpha value is -2.17. The van der Waals surface area contributed by atoms with Crippen LogP contribution in [0.1, 0.15) is 55.6 Å². The summed E-state index contributed by atoms with van der Waals surface area (Å²) in [6.45, 7) is 10.2. The Morgan fingerprint density at radius 2 is 1.67 bits per heavy atom. The summed E-state index contributed by atoms with van der Waals surface area (Å²) in [5, 5.41) is 0. The Morgan fingerprint density at radius 1 is 1.04 bits per heavy atom. The van der Waals surface area contributed by atoms with Crippen molar-refractivity contribution in [2.75, 3.05) is 0 Å². The zero-order valence-electron chi connectivity index (χ0n) is 16.7. The van der Waals surface area contributed by atoms with Gasteiger partial charge < -0.3 is 10.5 Å². The molecule has 3 rings (SSSR count). The summed E-state index contributed by atoms with van der Waals surface area (Å²) in [6.07, 6.45) is 0.961. The molecule has 1 saturated heterocycles. The van der Waals surface area contributed by atoms with Crippen LogP contribution in [0.15, 0.2) is 54.6 Å².